The topological polar surface area (TPSA) is 30.0 Å². The number of ketones is 1. The van der Waals surface area contributed by atoms with Gasteiger partial charge in [0.05, 0.1) is 17.5 Å². The lowest BCUT2D eigenvalue weighted by atomic mass is 10.2. The van der Waals surface area contributed by atoms with Gasteiger partial charge in [0.25, 0.3) is 0 Å². The molecule has 0 aliphatic carbocycles. The van der Waals surface area contributed by atoms with E-state index in [0.29, 0.717) is 0 Å². The van der Waals surface area contributed by atoms with Crippen molar-refractivity contribution in [3.8, 4) is 0 Å². The number of hydrogen-bond donors (Lipinski definition) is 0. The van der Waals surface area contributed by atoms with Gasteiger partial charge in [-0.1, -0.05) is 22.0 Å². The number of thioether (sulfide) groups is 1. The number of hydrogen-bond acceptors (Lipinski definition) is 3. The van der Waals surface area contributed by atoms with Crippen molar-refractivity contribution < 1.29 is 9.18 Å². The third-order valence-corrected chi connectivity index (χ3v) is 3.73. The van der Waals surface area contributed by atoms with Gasteiger partial charge in [-0.15, -0.1) is 11.8 Å². The number of aromatic nitrogens is 1. The molecule has 18 heavy (non-hydrogen) atoms. The van der Waals surface area contributed by atoms with Crippen LogP contribution in [-0.2, 0) is 0 Å². The fraction of sp³-hybridized carbons (Fsp3) is 0.0769. The maximum atomic E-state index is 13.3. The standard InChI is InChI=1S/C13H9BrFNOS/c14-9-2-1-3-10(6-9)18-8-13(17)11-4-5-16-7-12(11)15/h1-7H,8H2. The van der Waals surface area contributed by atoms with E-state index in [9.17, 15) is 9.18 Å². The Morgan fingerprint density at radius 2 is 2.22 bits per heavy atom. The average molecular weight is 326 g/mol. The zero-order chi connectivity index (χ0) is 13.0. The lowest BCUT2D eigenvalue weighted by molar-refractivity contribution is 0.101. The summed E-state index contributed by atoms with van der Waals surface area (Å²) >= 11 is 4.74. The van der Waals surface area contributed by atoms with Crippen LogP contribution in [0.2, 0.25) is 0 Å². The number of Topliss-reactive ketones (excluding diaryl/α,β-unsaturated/α-hetero) is 1. The third-order valence-electron chi connectivity index (χ3n) is 2.24. The van der Waals surface area contributed by atoms with Gasteiger partial charge in [0, 0.05) is 15.6 Å². The molecule has 0 atom stereocenters. The predicted octanol–water partition coefficient (Wildman–Crippen LogP) is 3.96. The molecule has 0 fully saturated rings. The molecule has 1 aromatic heterocycles. The average Bonchev–Trinajstić information content (AvgIpc) is 2.37. The summed E-state index contributed by atoms with van der Waals surface area (Å²) in [6.07, 6.45) is 2.47. The Labute approximate surface area is 117 Å². The van der Waals surface area contributed by atoms with Gasteiger partial charge in [-0.05, 0) is 24.3 Å². The number of carbonyl (C=O) groups is 1. The molecule has 0 radical (unpaired) electrons. The minimum Gasteiger partial charge on any atom is -0.293 e. The van der Waals surface area contributed by atoms with E-state index >= 15 is 0 Å². The van der Waals surface area contributed by atoms with E-state index in [2.05, 4.69) is 20.9 Å². The highest BCUT2D eigenvalue weighted by molar-refractivity contribution is 9.10. The molecule has 2 nitrogen and oxygen atoms in total. The van der Waals surface area contributed by atoms with E-state index in [1.165, 1.54) is 24.0 Å². The highest BCUT2D eigenvalue weighted by Crippen LogP contribution is 2.23. The Morgan fingerprint density at radius 3 is 2.94 bits per heavy atom. The molecule has 0 saturated carbocycles. The molecule has 0 aliphatic heterocycles. The maximum absolute atomic E-state index is 13.3. The molecule has 2 rings (SSSR count). The van der Waals surface area contributed by atoms with Crippen LogP contribution in [0.25, 0.3) is 0 Å². The van der Waals surface area contributed by atoms with Crippen LogP contribution >= 0.6 is 27.7 Å². The van der Waals surface area contributed by atoms with Crippen molar-refractivity contribution in [2.45, 2.75) is 4.90 Å². The van der Waals surface area contributed by atoms with Gasteiger partial charge in [0.1, 0.15) is 0 Å². The second-order valence-electron chi connectivity index (χ2n) is 3.52. The predicted molar refractivity (Wildman–Crippen MR) is 73.4 cm³/mol. The molecule has 92 valence electrons. The van der Waals surface area contributed by atoms with Gasteiger partial charge in [-0.3, -0.25) is 9.78 Å². The normalized spacial score (nSPS) is 10.3. The van der Waals surface area contributed by atoms with Crippen LogP contribution in [-0.4, -0.2) is 16.5 Å². The number of benzene rings is 1. The SMILES string of the molecule is O=C(CSc1cccc(Br)c1)c1ccncc1F. The second-order valence-corrected chi connectivity index (χ2v) is 5.49. The zero-order valence-corrected chi connectivity index (χ0v) is 11.7. The second kappa shape index (κ2) is 6.11. The minimum atomic E-state index is -0.572. The summed E-state index contributed by atoms with van der Waals surface area (Å²) in [6.45, 7) is 0. The number of nitrogens with zero attached hydrogens (tertiary/aromatic N) is 1. The van der Waals surface area contributed by atoms with Crippen LogP contribution < -0.4 is 0 Å². The van der Waals surface area contributed by atoms with Crippen LogP contribution in [0.1, 0.15) is 10.4 Å². The Bertz CT molecular complexity index is 576. The highest BCUT2D eigenvalue weighted by Gasteiger charge is 2.11. The Kier molecular flexibility index (Phi) is 4.49. The van der Waals surface area contributed by atoms with Crippen molar-refractivity contribution in [2.24, 2.45) is 0 Å². The third kappa shape index (κ3) is 3.40. The highest BCUT2D eigenvalue weighted by atomic mass is 79.9. The van der Waals surface area contributed by atoms with Gasteiger partial charge in [0.15, 0.2) is 11.6 Å². The summed E-state index contributed by atoms with van der Waals surface area (Å²) in [7, 11) is 0. The van der Waals surface area contributed by atoms with Crippen LogP contribution in [0.4, 0.5) is 4.39 Å². The van der Waals surface area contributed by atoms with Crippen molar-refractivity contribution in [1.82, 2.24) is 4.98 Å². The Hall–Kier alpha value is -1.20. The number of pyridine rings is 1. The molecule has 0 spiro atoms. The molecule has 1 heterocycles. The first-order chi connectivity index (χ1) is 8.66. The van der Waals surface area contributed by atoms with E-state index < -0.39 is 5.82 Å². The fourth-order valence-corrected chi connectivity index (χ4v) is 2.77. The molecule has 2 aromatic rings. The van der Waals surface area contributed by atoms with Crippen molar-refractivity contribution in [2.75, 3.05) is 5.75 Å². The van der Waals surface area contributed by atoms with Crippen LogP contribution in [0.5, 0.6) is 0 Å². The zero-order valence-electron chi connectivity index (χ0n) is 9.27. The molecule has 0 amide bonds. The summed E-state index contributed by atoms with van der Waals surface area (Å²) in [5.41, 5.74) is 0.0903. The molecule has 0 bridgehead atoms. The minimum absolute atomic E-state index is 0.0903. The number of halogens is 2. The summed E-state index contributed by atoms with van der Waals surface area (Å²) in [5.74, 6) is -0.602. The van der Waals surface area contributed by atoms with Gasteiger partial charge >= 0.3 is 0 Å². The number of rotatable bonds is 4. The number of carbonyl (C=O) groups excluding carboxylic acids is 1. The first-order valence-electron chi connectivity index (χ1n) is 5.18. The van der Waals surface area contributed by atoms with Crippen molar-refractivity contribution >= 4 is 33.5 Å². The molecule has 1 aromatic carbocycles. The van der Waals surface area contributed by atoms with Gasteiger partial charge < -0.3 is 0 Å². The van der Waals surface area contributed by atoms with E-state index in [0.717, 1.165) is 15.6 Å². The first-order valence-corrected chi connectivity index (χ1v) is 6.96. The first kappa shape index (κ1) is 13.2. The molecule has 5 heteroatoms. The van der Waals surface area contributed by atoms with Gasteiger partial charge in [0.2, 0.25) is 0 Å². The van der Waals surface area contributed by atoms with Crippen LogP contribution in [0, 0.1) is 5.82 Å². The van der Waals surface area contributed by atoms with Crippen molar-refractivity contribution in [1.29, 1.82) is 0 Å². The van der Waals surface area contributed by atoms with Gasteiger partial charge in [-0.2, -0.15) is 0 Å². The monoisotopic (exact) mass is 325 g/mol. The van der Waals surface area contributed by atoms with Crippen molar-refractivity contribution in [3.05, 3.63) is 58.6 Å². The van der Waals surface area contributed by atoms with Crippen molar-refractivity contribution in [3.63, 3.8) is 0 Å². The molecule has 0 saturated heterocycles. The largest absolute Gasteiger partial charge is 0.293 e. The molecule has 0 N–H and O–H groups in total. The smallest absolute Gasteiger partial charge is 0.176 e. The van der Waals surface area contributed by atoms with E-state index in [4.69, 9.17) is 0 Å². The summed E-state index contributed by atoms with van der Waals surface area (Å²) in [5, 5.41) is 0. The quantitative estimate of drug-likeness (QED) is 0.629. The molecule has 0 aliphatic rings. The maximum Gasteiger partial charge on any atom is 0.176 e. The van der Waals surface area contributed by atoms with E-state index in [1.54, 1.807) is 0 Å². The van der Waals surface area contributed by atoms with E-state index in [-0.39, 0.29) is 17.1 Å². The van der Waals surface area contributed by atoms with E-state index in [1.807, 2.05) is 24.3 Å². The Morgan fingerprint density at radius 1 is 1.39 bits per heavy atom. The molecular weight excluding hydrogens is 317 g/mol. The fourth-order valence-electron chi connectivity index (χ4n) is 1.38. The molecule has 0 unspecified atom stereocenters. The summed E-state index contributed by atoms with van der Waals surface area (Å²) in [4.78, 5) is 16.4. The van der Waals surface area contributed by atoms with Crippen LogP contribution in [0.3, 0.4) is 0 Å². The van der Waals surface area contributed by atoms with Gasteiger partial charge in [-0.25, -0.2) is 4.39 Å². The Balaban J connectivity index is 2.03. The lowest BCUT2D eigenvalue weighted by Crippen LogP contribution is -2.05. The lowest BCUT2D eigenvalue weighted by Gasteiger charge is -2.03. The summed E-state index contributed by atoms with van der Waals surface area (Å²) < 4.78 is 14.3. The summed E-state index contributed by atoms with van der Waals surface area (Å²) in [6, 6.07) is 9.03. The van der Waals surface area contributed by atoms with Crippen LogP contribution in [0.15, 0.2) is 52.1 Å². The molecular formula is C13H9BrFNOS.